The molecule has 4 nitrogen and oxygen atoms in total. The summed E-state index contributed by atoms with van der Waals surface area (Å²) in [5.41, 5.74) is 1.73. The number of benzene rings is 2. The van der Waals surface area contributed by atoms with E-state index in [0.29, 0.717) is 6.54 Å². The topological polar surface area (TPSA) is 40.6 Å². The predicted molar refractivity (Wildman–Crippen MR) is 109 cm³/mol. The van der Waals surface area contributed by atoms with Crippen LogP contribution < -0.4 is 4.90 Å². The maximum atomic E-state index is 12.9. The quantitative estimate of drug-likeness (QED) is 0.727. The fourth-order valence-electron chi connectivity index (χ4n) is 3.78. The van der Waals surface area contributed by atoms with Crippen LogP contribution in [0.2, 0.25) is 0 Å². The van der Waals surface area contributed by atoms with E-state index < -0.39 is 0 Å². The molecule has 2 aromatic carbocycles. The van der Waals surface area contributed by atoms with Crippen molar-refractivity contribution in [1.29, 1.82) is 0 Å². The van der Waals surface area contributed by atoms with E-state index in [2.05, 4.69) is 4.90 Å². The van der Waals surface area contributed by atoms with Crippen molar-refractivity contribution in [1.82, 2.24) is 4.90 Å². The number of nitrogens with zero attached hydrogens (tertiary/aromatic N) is 2. The Morgan fingerprint density at radius 2 is 1.52 bits per heavy atom. The SMILES string of the molecule is CC(C)N(C(=O)CN1CCC(C(=O)c2ccccc2)CC1)c1ccccc1. The minimum atomic E-state index is 0.0640. The van der Waals surface area contributed by atoms with Crippen LogP contribution in [-0.4, -0.2) is 42.3 Å². The van der Waals surface area contributed by atoms with Gasteiger partial charge in [0.05, 0.1) is 6.54 Å². The average molecular weight is 364 g/mol. The highest BCUT2D eigenvalue weighted by Crippen LogP contribution is 2.23. The Morgan fingerprint density at radius 3 is 2.07 bits per heavy atom. The smallest absolute Gasteiger partial charge is 0.241 e. The van der Waals surface area contributed by atoms with Crippen molar-refractivity contribution in [3.63, 3.8) is 0 Å². The van der Waals surface area contributed by atoms with E-state index in [1.54, 1.807) is 0 Å². The second-order valence-electron chi connectivity index (χ2n) is 7.47. The Balaban J connectivity index is 1.57. The first kappa shape index (κ1) is 19.3. The van der Waals surface area contributed by atoms with Crippen molar-refractivity contribution in [2.75, 3.05) is 24.5 Å². The monoisotopic (exact) mass is 364 g/mol. The molecule has 0 radical (unpaired) electrons. The number of amides is 1. The molecule has 142 valence electrons. The van der Waals surface area contributed by atoms with Crippen LogP contribution in [-0.2, 0) is 4.79 Å². The number of hydrogen-bond acceptors (Lipinski definition) is 3. The maximum Gasteiger partial charge on any atom is 0.241 e. The molecule has 0 aliphatic carbocycles. The molecule has 1 fully saturated rings. The van der Waals surface area contributed by atoms with Crippen molar-refractivity contribution in [2.45, 2.75) is 32.7 Å². The first-order chi connectivity index (χ1) is 13.1. The van der Waals surface area contributed by atoms with Gasteiger partial charge in [-0.15, -0.1) is 0 Å². The normalized spacial score (nSPS) is 15.7. The molecule has 1 aliphatic heterocycles. The molecule has 0 bridgehead atoms. The Labute approximate surface area is 161 Å². The van der Waals surface area contributed by atoms with Gasteiger partial charge in [-0.1, -0.05) is 48.5 Å². The standard InChI is InChI=1S/C23H28N2O2/c1-18(2)25(21-11-7-4-8-12-21)22(26)17-24-15-13-20(14-16-24)23(27)19-9-5-3-6-10-19/h3-12,18,20H,13-17H2,1-2H3. The van der Waals surface area contributed by atoms with Crippen molar-refractivity contribution in [3.05, 3.63) is 66.2 Å². The van der Waals surface area contributed by atoms with E-state index in [1.807, 2.05) is 79.4 Å². The summed E-state index contributed by atoms with van der Waals surface area (Å²) in [6.07, 6.45) is 1.63. The molecule has 2 aromatic rings. The number of piperidine rings is 1. The van der Waals surface area contributed by atoms with Gasteiger partial charge in [-0.05, 0) is 51.9 Å². The number of hydrogen-bond donors (Lipinski definition) is 0. The van der Waals surface area contributed by atoms with E-state index >= 15 is 0 Å². The van der Waals surface area contributed by atoms with Crippen LogP contribution in [0.3, 0.4) is 0 Å². The number of carbonyl (C=O) groups excluding carboxylic acids is 2. The highest BCUT2D eigenvalue weighted by Gasteiger charge is 2.28. The van der Waals surface area contributed by atoms with Crippen LogP contribution >= 0.6 is 0 Å². The molecular weight excluding hydrogens is 336 g/mol. The lowest BCUT2D eigenvalue weighted by atomic mass is 9.89. The minimum Gasteiger partial charge on any atom is -0.309 e. The molecule has 27 heavy (non-hydrogen) atoms. The zero-order valence-corrected chi connectivity index (χ0v) is 16.2. The summed E-state index contributed by atoms with van der Waals surface area (Å²) in [4.78, 5) is 29.6. The number of rotatable bonds is 6. The van der Waals surface area contributed by atoms with E-state index in [4.69, 9.17) is 0 Å². The number of likely N-dealkylation sites (tertiary alicyclic amines) is 1. The van der Waals surface area contributed by atoms with Crippen LogP contribution in [0.1, 0.15) is 37.0 Å². The summed E-state index contributed by atoms with van der Waals surface area (Å²) < 4.78 is 0. The van der Waals surface area contributed by atoms with E-state index in [9.17, 15) is 9.59 Å². The van der Waals surface area contributed by atoms with E-state index in [1.165, 1.54) is 0 Å². The summed E-state index contributed by atoms with van der Waals surface area (Å²) in [6.45, 7) is 6.05. The molecule has 1 amide bonds. The van der Waals surface area contributed by atoms with Gasteiger partial charge in [-0.2, -0.15) is 0 Å². The van der Waals surface area contributed by atoms with Gasteiger partial charge in [-0.3, -0.25) is 14.5 Å². The molecule has 3 rings (SSSR count). The van der Waals surface area contributed by atoms with E-state index in [0.717, 1.165) is 37.2 Å². The second-order valence-corrected chi connectivity index (χ2v) is 7.47. The molecule has 1 heterocycles. The Hall–Kier alpha value is -2.46. The lowest BCUT2D eigenvalue weighted by Crippen LogP contribution is -2.46. The molecule has 4 heteroatoms. The predicted octanol–water partition coefficient (Wildman–Crippen LogP) is 4.02. The summed E-state index contributed by atoms with van der Waals surface area (Å²) in [6, 6.07) is 19.5. The van der Waals surface area contributed by atoms with Gasteiger partial charge in [-0.25, -0.2) is 0 Å². The third-order valence-corrected chi connectivity index (χ3v) is 5.19. The number of Topliss-reactive ketones (excluding diaryl/α,β-unsaturated/α-hetero) is 1. The Kier molecular flexibility index (Phi) is 6.40. The molecule has 0 spiro atoms. The summed E-state index contributed by atoms with van der Waals surface area (Å²) in [5, 5.41) is 0. The molecule has 0 aromatic heterocycles. The van der Waals surface area contributed by atoms with Crippen LogP contribution in [0.5, 0.6) is 0 Å². The van der Waals surface area contributed by atoms with Crippen molar-refractivity contribution < 1.29 is 9.59 Å². The average Bonchev–Trinajstić information content (AvgIpc) is 2.69. The molecular formula is C23H28N2O2. The molecule has 1 saturated heterocycles. The zero-order valence-electron chi connectivity index (χ0n) is 16.2. The second kappa shape index (κ2) is 8.96. The van der Waals surface area contributed by atoms with Crippen molar-refractivity contribution >= 4 is 17.4 Å². The number of anilines is 1. The molecule has 0 atom stereocenters. The zero-order chi connectivity index (χ0) is 19.2. The van der Waals surface area contributed by atoms with Gasteiger partial charge in [0.1, 0.15) is 0 Å². The number of para-hydroxylation sites is 1. The van der Waals surface area contributed by atoms with Crippen molar-refractivity contribution in [2.24, 2.45) is 5.92 Å². The Bertz CT molecular complexity index is 750. The lowest BCUT2D eigenvalue weighted by Gasteiger charge is -2.34. The van der Waals surface area contributed by atoms with Gasteiger partial charge in [0.15, 0.2) is 5.78 Å². The first-order valence-corrected chi connectivity index (χ1v) is 9.75. The molecule has 0 N–H and O–H groups in total. The van der Waals surface area contributed by atoms with Gasteiger partial charge in [0, 0.05) is 23.2 Å². The van der Waals surface area contributed by atoms with Gasteiger partial charge in [0.25, 0.3) is 0 Å². The third-order valence-electron chi connectivity index (χ3n) is 5.19. The van der Waals surface area contributed by atoms with Gasteiger partial charge >= 0.3 is 0 Å². The summed E-state index contributed by atoms with van der Waals surface area (Å²) in [7, 11) is 0. The van der Waals surface area contributed by atoms with E-state index in [-0.39, 0.29) is 23.7 Å². The largest absolute Gasteiger partial charge is 0.309 e. The summed E-state index contributed by atoms with van der Waals surface area (Å²) >= 11 is 0. The highest BCUT2D eigenvalue weighted by molar-refractivity contribution is 5.98. The van der Waals surface area contributed by atoms with Crippen molar-refractivity contribution in [3.8, 4) is 0 Å². The lowest BCUT2D eigenvalue weighted by molar-refractivity contribution is -0.120. The van der Waals surface area contributed by atoms with Crippen LogP contribution in [0.4, 0.5) is 5.69 Å². The summed E-state index contributed by atoms with van der Waals surface area (Å²) in [5.74, 6) is 0.410. The fourth-order valence-corrected chi connectivity index (χ4v) is 3.78. The number of ketones is 1. The molecule has 0 saturated carbocycles. The Morgan fingerprint density at radius 1 is 0.963 bits per heavy atom. The van der Waals surface area contributed by atoms with Crippen LogP contribution in [0, 0.1) is 5.92 Å². The van der Waals surface area contributed by atoms with Gasteiger partial charge in [0.2, 0.25) is 5.91 Å². The van der Waals surface area contributed by atoms with Crippen LogP contribution in [0.15, 0.2) is 60.7 Å². The third kappa shape index (κ3) is 4.83. The maximum absolute atomic E-state index is 12.9. The minimum absolute atomic E-state index is 0.0640. The highest BCUT2D eigenvalue weighted by atomic mass is 16.2. The van der Waals surface area contributed by atoms with Crippen LogP contribution in [0.25, 0.3) is 0 Å². The fraction of sp³-hybridized carbons (Fsp3) is 0.391. The molecule has 0 unspecified atom stereocenters. The first-order valence-electron chi connectivity index (χ1n) is 9.75. The van der Waals surface area contributed by atoms with Gasteiger partial charge < -0.3 is 4.90 Å². The molecule has 1 aliphatic rings. The number of carbonyl (C=O) groups is 2.